The number of carbonyl (C=O) groups is 3. The molecule has 3 amide bonds. The predicted octanol–water partition coefficient (Wildman–Crippen LogP) is 12.1. The third kappa shape index (κ3) is 16.7. The van der Waals surface area contributed by atoms with E-state index in [9.17, 15) is 19.2 Å². The van der Waals surface area contributed by atoms with Gasteiger partial charge in [-0.1, -0.05) is 85.8 Å². The monoisotopic (exact) mass is 1470 g/mol. The second-order valence-corrected chi connectivity index (χ2v) is 40.2. The lowest BCUT2D eigenvalue weighted by molar-refractivity contribution is -0.119. The van der Waals surface area contributed by atoms with Gasteiger partial charge in [0.15, 0.2) is 0 Å². The molecule has 0 atom stereocenters. The SMILES string of the molecule is COc1cc(-c2nc(NC(=O)C3(c4ccc5c(c4)CCO5)CC3)ccc2C)ccn1.COc1cc(B(O)O)ccn1.C[Si](C)(C)I.Cc1ccc(NC(=O)C2(c3ccc4c(c3)CCO4)CC2)nc1-c1cc[nH]c(=O)c1.Cc1ccc(NC(=O)C2(c3ccc4c(c3)CCO4)CC2)nc1Cl. The summed E-state index contributed by atoms with van der Waals surface area (Å²) in [6.45, 7) is 14.9. The number of H-pyrrole nitrogens is 1. The van der Waals surface area contributed by atoms with Gasteiger partial charge in [-0.2, -0.15) is 0 Å². The topological polar surface area (TPSA) is 271 Å². The quantitative estimate of drug-likeness (QED) is 0.0256. The van der Waals surface area contributed by atoms with Crippen molar-refractivity contribution in [1.82, 2.24) is 29.9 Å². The number of ether oxygens (including phenoxy) is 5. The van der Waals surface area contributed by atoms with Crippen molar-refractivity contribution in [3.05, 3.63) is 212 Å². The first-order chi connectivity index (χ1) is 47.0. The number of hydrogen-bond acceptors (Lipinski definition) is 16. The summed E-state index contributed by atoms with van der Waals surface area (Å²) in [5.41, 5.74) is 10.8. The maximum absolute atomic E-state index is 13.2. The molecule has 6 aromatic heterocycles. The molecule has 506 valence electrons. The van der Waals surface area contributed by atoms with Crippen molar-refractivity contribution in [1.29, 1.82) is 0 Å². The minimum atomic E-state index is -1.47. The summed E-state index contributed by atoms with van der Waals surface area (Å²) in [5, 5.41) is 26.8. The van der Waals surface area contributed by atoms with E-state index in [-0.39, 0.29) is 23.3 Å². The zero-order chi connectivity index (χ0) is 69.5. The number of methoxy groups -OCH3 is 2. The van der Waals surface area contributed by atoms with E-state index in [4.69, 9.17) is 50.3 Å². The van der Waals surface area contributed by atoms with Crippen LogP contribution in [0.25, 0.3) is 22.5 Å². The zero-order valence-corrected chi connectivity index (χ0v) is 59.9. The number of aryl methyl sites for hydroxylation is 3. The smallest absolute Gasteiger partial charge is 0.488 e. The number of nitrogens with zero attached hydrogens (tertiary/aromatic N) is 5. The van der Waals surface area contributed by atoms with Crippen LogP contribution in [0.5, 0.6) is 29.0 Å². The van der Waals surface area contributed by atoms with Gasteiger partial charge >= 0.3 is 7.12 Å². The molecule has 6 N–H and O–H groups in total. The highest BCUT2D eigenvalue weighted by Gasteiger charge is 2.54. The maximum Gasteiger partial charge on any atom is 0.488 e. The molecule has 3 aromatic carbocycles. The molecule has 0 spiro atoms. The van der Waals surface area contributed by atoms with Gasteiger partial charge in [-0.15, -0.1) is 21.8 Å². The lowest BCUT2D eigenvalue weighted by Crippen LogP contribution is -2.29. The third-order valence-corrected chi connectivity index (χ3v) is 18.1. The summed E-state index contributed by atoms with van der Waals surface area (Å²) < 4.78 is 26.7. The first kappa shape index (κ1) is 70.3. The van der Waals surface area contributed by atoms with E-state index in [0.29, 0.717) is 58.7 Å². The van der Waals surface area contributed by atoms with Crippen molar-refractivity contribution < 1.29 is 48.1 Å². The van der Waals surface area contributed by atoms with Gasteiger partial charge in [-0.3, -0.25) is 19.2 Å². The van der Waals surface area contributed by atoms with Gasteiger partial charge in [0.05, 0.1) is 61.7 Å². The van der Waals surface area contributed by atoms with Gasteiger partial charge in [0, 0.05) is 67.2 Å². The van der Waals surface area contributed by atoms with Crippen LogP contribution in [0.4, 0.5) is 17.5 Å². The van der Waals surface area contributed by atoms with E-state index in [2.05, 4.69) is 101 Å². The number of pyridine rings is 6. The van der Waals surface area contributed by atoms with Gasteiger partial charge < -0.3 is 54.7 Å². The molecule has 6 aliphatic rings. The number of anilines is 3. The average molecular weight is 1470 g/mol. The fraction of sp³-hybridized carbons (Fsp3) is 0.311. The third-order valence-electron chi connectivity index (χ3n) is 17.8. The minimum Gasteiger partial charge on any atom is -0.493 e. The lowest BCUT2D eigenvalue weighted by atomic mass is 9.81. The Morgan fingerprint density at radius 3 is 1.32 bits per heavy atom. The summed E-state index contributed by atoms with van der Waals surface area (Å²) in [4.78, 5) is 74.9. The van der Waals surface area contributed by atoms with Gasteiger partial charge in [-0.05, 0) is 169 Å². The van der Waals surface area contributed by atoms with Crippen LogP contribution in [0.3, 0.4) is 0 Å². The number of aromatic nitrogens is 6. The van der Waals surface area contributed by atoms with Crippen LogP contribution in [0.15, 0.2) is 151 Å². The first-order valence-corrected chi connectivity index (χ1v) is 39.5. The predicted molar refractivity (Wildman–Crippen MR) is 391 cm³/mol. The van der Waals surface area contributed by atoms with Crippen molar-refractivity contribution in [2.75, 3.05) is 50.0 Å². The van der Waals surface area contributed by atoms with Crippen LogP contribution < -0.4 is 50.7 Å². The van der Waals surface area contributed by atoms with E-state index in [1.54, 1.807) is 37.7 Å². The Labute approximate surface area is 588 Å². The Balaban J connectivity index is 0.000000134. The molecule has 3 fully saturated rings. The molecule has 9 aromatic rings. The van der Waals surface area contributed by atoms with Gasteiger partial charge in [-0.25, -0.2) is 24.9 Å². The Morgan fingerprint density at radius 2 is 0.929 bits per heavy atom. The van der Waals surface area contributed by atoms with E-state index >= 15 is 0 Å². The van der Waals surface area contributed by atoms with E-state index in [0.717, 1.165) is 132 Å². The normalized spacial score (nSPS) is 15.3. The maximum atomic E-state index is 13.2. The van der Waals surface area contributed by atoms with Crippen molar-refractivity contribution in [3.63, 3.8) is 0 Å². The van der Waals surface area contributed by atoms with E-state index in [1.807, 2.05) is 93.6 Å². The molecule has 24 heteroatoms. The largest absolute Gasteiger partial charge is 0.493 e. The molecule has 98 heavy (non-hydrogen) atoms. The first-order valence-electron chi connectivity index (χ1n) is 32.5. The number of rotatable bonds is 14. The Morgan fingerprint density at radius 1 is 0.541 bits per heavy atom. The summed E-state index contributed by atoms with van der Waals surface area (Å²) in [6.07, 6.45) is 12.5. The standard InChI is InChI=1S/C24H23N3O3.C23H21N3O3.C18H17ClN2O2.C6H8BNO3.C3H9ISi/c1-15-3-6-20(26-22(15)17-7-11-25-21(14-17)29-2)27-23(28)24(9-10-24)18-4-5-19-16(13-18)8-12-30-19;1-14-2-5-19(25-21(14)16-6-10-24-20(27)13-16)26-22(28)23(8-9-23)17-3-4-18-15(12-17)7-11-29-18;1-11-2-5-15(20-16(11)19)21-17(22)18(7-8-18)13-3-4-14-12(10-13)6-9-23-14;1-11-6-4-5(7(9)10)2-3-8-6;1-5(2,3)4/h3-7,11,13-14H,8-10,12H2,1-2H3,(H,26,27,28);2-6,10,12-13H,7-9,11H2,1H3,(H,24,27)(H,25,26,28);2-5,10H,6-9H2,1H3,(H,20,21,22);2-4,9-10H,1H3;1-3H3. The number of carbonyl (C=O) groups excluding carboxylic acids is 3. The summed E-state index contributed by atoms with van der Waals surface area (Å²) >= 11 is 8.55. The number of benzene rings is 3. The van der Waals surface area contributed by atoms with E-state index < -0.39 is 28.9 Å². The molecule has 9 heterocycles. The van der Waals surface area contributed by atoms with Crippen LogP contribution in [0.2, 0.25) is 24.8 Å². The number of nitrogens with one attached hydrogen (secondary N) is 4. The molecule has 3 saturated carbocycles. The van der Waals surface area contributed by atoms with Crippen LogP contribution in [0, 0.1) is 20.8 Å². The number of fused-ring (bicyclic) bond motifs is 3. The second kappa shape index (κ2) is 30.0. The van der Waals surface area contributed by atoms with Crippen molar-refractivity contribution in [2.24, 2.45) is 0 Å². The van der Waals surface area contributed by atoms with Gasteiger partial charge in [0.25, 0.3) is 0 Å². The molecule has 0 bridgehead atoms. The van der Waals surface area contributed by atoms with E-state index in [1.165, 1.54) is 48.2 Å². The van der Waals surface area contributed by atoms with Crippen LogP contribution in [-0.2, 0) is 49.9 Å². The molecule has 0 unspecified atom stereocenters. The zero-order valence-electron chi connectivity index (χ0n) is 56.0. The number of aromatic amines is 1. The Bertz CT molecular complexity index is 4520. The second-order valence-electron chi connectivity index (χ2n) is 26.0. The van der Waals surface area contributed by atoms with Crippen LogP contribution >= 0.6 is 33.4 Å². The molecular weight excluding hydrogens is 1390 g/mol. The highest BCUT2D eigenvalue weighted by atomic mass is 127. The van der Waals surface area contributed by atoms with Crippen molar-refractivity contribution in [3.8, 4) is 51.5 Å². The highest BCUT2D eigenvalue weighted by molar-refractivity contribution is 14.1. The van der Waals surface area contributed by atoms with Gasteiger partial charge in [0.2, 0.25) is 35.0 Å². The number of halogens is 2. The molecule has 3 aliphatic carbocycles. The summed E-state index contributed by atoms with van der Waals surface area (Å²) in [6, 6.07) is 39.5. The summed E-state index contributed by atoms with van der Waals surface area (Å²) in [7, 11) is 1.59. The van der Waals surface area contributed by atoms with Crippen molar-refractivity contribution >= 4 is 86.7 Å². The Hall–Kier alpha value is -9.01. The van der Waals surface area contributed by atoms with Gasteiger partial charge in [0.1, 0.15) is 45.4 Å². The molecular formula is C74H78BClIN9O11Si. The number of amides is 3. The lowest BCUT2D eigenvalue weighted by Gasteiger charge is -2.17. The van der Waals surface area contributed by atoms with Crippen LogP contribution in [-0.4, -0.2) is 104 Å². The fourth-order valence-electron chi connectivity index (χ4n) is 11.8. The highest BCUT2D eigenvalue weighted by Crippen LogP contribution is 2.52. The fourth-order valence-corrected chi connectivity index (χ4v) is 11.9. The molecule has 0 radical (unpaired) electrons. The molecule has 15 rings (SSSR count). The summed E-state index contributed by atoms with van der Waals surface area (Å²) in [5.74, 6) is 5.19. The molecule has 0 saturated heterocycles. The van der Waals surface area contributed by atoms with Crippen LogP contribution in [0.1, 0.15) is 88.6 Å². The molecule has 3 aliphatic heterocycles. The van der Waals surface area contributed by atoms with Crippen molar-refractivity contribution in [2.45, 2.75) is 114 Å². The Kier molecular flexibility index (Phi) is 21.5. The molecule has 20 nitrogen and oxygen atoms in total. The number of hydrogen-bond donors (Lipinski definition) is 6. The average Bonchev–Trinajstić information content (AvgIpc) is 1.60. The minimum absolute atomic E-state index is 0.00372.